The van der Waals surface area contributed by atoms with Gasteiger partial charge in [0.05, 0.1) is 0 Å². The molecular formula is C21H22N4O. The molecule has 5 nitrogen and oxygen atoms in total. The van der Waals surface area contributed by atoms with Crippen LogP contribution in [0.3, 0.4) is 0 Å². The summed E-state index contributed by atoms with van der Waals surface area (Å²) in [6.45, 7) is 0. The maximum absolute atomic E-state index is 12.9. The van der Waals surface area contributed by atoms with Crippen LogP contribution in [0.5, 0.6) is 0 Å². The monoisotopic (exact) mass is 346 g/mol. The molecule has 1 amide bonds. The van der Waals surface area contributed by atoms with Crippen LogP contribution in [0.4, 0.5) is 17.1 Å². The molecule has 3 N–H and O–H groups in total. The number of nitrogens with zero attached hydrogens (tertiary/aromatic N) is 2. The summed E-state index contributed by atoms with van der Waals surface area (Å²) < 4.78 is 0. The molecule has 1 aromatic heterocycles. The molecule has 3 rings (SSSR count). The fourth-order valence-corrected chi connectivity index (χ4v) is 2.78. The highest BCUT2D eigenvalue weighted by molar-refractivity contribution is 6.06. The third-order valence-electron chi connectivity index (χ3n) is 4.21. The van der Waals surface area contributed by atoms with Crippen LogP contribution in [-0.4, -0.2) is 25.0 Å². The molecule has 132 valence electrons. The van der Waals surface area contributed by atoms with E-state index in [-0.39, 0.29) is 5.91 Å². The summed E-state index contributed by atoms with van der Waals surface area (Å²) >= 11 is 0. The van der Waals surface area contributed by atoms with Gasteiger partial charge >= 0.3 is 0 Å². The van der Waals surface area contributed by atoms with Crippen LogP contribution in [0.25, 0.3) is 0 Å². The Bertz CT molecular complexity index is 907. The number of hydrogen-bond acceptors (Lipinski definition) is 4. The van der Waals surface area contributed by atoms with Crippen LogP contribution < -0.4 is 16.0 Å². The van der Waals surface area contributed by atoms with Crippen molar-refractivity contribution in [2.24, 2.45) is 0 Å². The number of carbonyl (C=O) groups excluding carboxylic acids is 1. The Morgan fingerprint density at radius 3 is 2.54 bits per heavy atom. The van der Waals surface area contributed by atoms with E-state index in [9.17, 15) is 4.79 Å². The number of nitrogens with one attached hydrogen (secondary N) is 1. The quantitative estimate of drug-likeness (QED) is 0.693. The van der Waals surface area contributed by atoms with Crippen molar-refractivity contribution in [1.29, 1.82) is 0 Å². The Labute approximate surface area is 153 Å². The molecule has 5 heteroatoms. The summed E-state index contributed by atoms with van der Waals surface area (Å²) in [6, 6.07) is 17.0. The number of nitrogens with two attached hydrogens (primary N) is 1. The SMILES string of the molecule is CN(C)c1cccc(NC(=O)c2cccc(N)c2Cc2ccncc2)c1. The number of aromatic nitrogens is 1. The summed E-state index contributed by atoms with van der Waals surface area (Å²) in [5, 5.41) is 2.97. The van der Waals surface area contributed by atoms with Gasteiger partial charge in [-0.15, -0.1) is 0 Å². The Balaban J connectivity index is 1.88. The van der Waals surface area contributed by atoms with Gasteiger partial charge in [-0.25, -0.2) is 0 Å². The van der Waals surface area contributed by atoms with Gasteiger partial charge < -0.3 is 16.0 Å². The molecule has 0 aliphatic carbocycles. The van der Waals surface area contributed by atoms with Crippen LogP contribution in [0, 0.1) is 0 Å². The normalized spacial score (nSPS) is 10.4. The lowest BCUT2D eigenvalue weighted by atomic mass is 9.98. The average Bonchev–Trinajstić information content (AvgIpc) is 2.64. The molecule has 0 radical (unpaired) electrons. The minimum Gasteiger partial charge on any atom is -0.398 e. The Morgan fingerprint density at radius 2 is 1.81 bits per heavy atom. The van der Waals surface area contributed by atoms with Gasteiger partial charge in [-0.1, -0.05) is 12.1 Å². The average molecular weight is 346 g/mol. The molecule has 0 bridgehead atoms. The number of pyridine rings is 1. The van der Waals surface area contributed by atoms with Crippen molar-refractivity contribution in [2.75, 3.05) is 30.0 Å². The maximum Gasteiger partial charge on any atom is 0.256 e. The summed E-state index contributed by atoms with van der Waals surface area (Å²) in [4.78, 5) is 18.9. The van der Waals surface area contributed by atoms with Gasteiger partial charge in [0.1, 0.15) is 0 Å². The summed E-state index contributed by atoms with van der Waals surface area (Å²) in [5.74, 6) is -0.169. The molecule has 0 spiro atoms. The zero-order valence-electron chi connectivity index (χ0n) is 14.9. The van der Waals surface area contributed by atoms with Crippen LogP contribution in [0.1, 0.15) is 21.5 Å². The standard InChI is InChI=1S/C21H22N4O/c1-25(2)17-6-3-5-16(14-17)24-21(26)18-7-4-8-20(22)19(18)13-15-9-11-23-12-10-15/h3-12,14H,13,22H2,1-2H3,(H,24,26). The smallest absolute Gasteiger partial charge is 0.256 e. The third kappa shape index (κ3) is 4.00. The van der Waals surface area contributed by atoms with Gasteiger partial charge in [0.2, 0.25) is 0 Å². The summed E-state index contributed by atoms with van der Waals surface area (Å²) in [6.07, 6.45) is 4.05. The van der Waals surface area contributed by atoms with Crippen LogP contribution in [0.15, 0.2) is 67.0 Å². The molecule has 0 unspecified atom stereocenters. The topological polar surface area (TPSA) is 71.2 Å². The molecule has 1 heterocycles. The fraction of sp³-hybridized carbons (Fsp3) is 0.143. The van der Waals surface area contributed by atoms with Gasteiger partial charge in [0.25, 0.3) is 5.91 Å². The summed E-state index contributed by atoms with van der Waals surface area (Å²) in [5.41, 5.74) is 11.0. The van der Waals surface area contributed by atoms with E-state index in [1.807, 2.05) is 61.5 Å². The molecule has 2 aromatic carbocycles. The second kappa shape index (κ2) is 7.70. The Hall–Kier alpha value is -3.34. The summed E-state index contributed by atoms with van der Waals surface area (Å²) in [7, 11) is 3.93. The lowest BCUT2D eigenvalue weighted by molar-refractivity contribution is 0.102. The lowest BCUT2D eigenvalue weighted by Crippen LogP contribution is -2.16. The van der Waals surface area contributed by atoms with Crippen molar-refractivity contribution in [2.45, 2.75) is 6.42 Å². The lowest BCUT2D eigenvalue weighted by Gasteiger charge is -2.15. The highest BCUT2D eigenvalue weighted by Crippen LogP contribution is 2.23. The van der Waals surface area contributed by atoms with Crippen molar-refractivity contribution in [3.63, 3.8) is 0 Å². The fourth-order valence-electron chi connectivity index (χ4n) is 2.78. The first kappa shape index (κ1) is 17.5. The van der Waals surface area contributed by atoms with Crippen LogP contribution in [-0.2, 0) is 6.42 Å². The third-order valence-corrected chi connectivity index (χ3v) is 4.21. The Kier molecular flexibility index (Phi) is 5.17. The number of carbonyl (C=O) groups is 1. The molecule has 0 aliphatic rings. The molecule has 26 heavy (non-hydrogen) atoms. The number of benzene rings is 2. The van der Waals surface area contributed by atoms with Crippen molar-refractivity contribution in [1.82, 2.24) is 4.98 Å². The van der Waals surface area contributed by atoms with Gasteiger partial charge in [0, 0.05) is 55.5 Å². The van der Waals surface area contributed by atoms with E-state index in [4.69, 9.17) is 5.73 Å². The molecule has 0 atom stereocenters. The molecule has 0 saturated heterocycles. The molecular weight excluding hydrogens is 324 g/mol. The number of rotatable bonds is 5. The van der Waals surface area contributed by atoms with Crippen molar-refractivity contribution in [3.8, 4) is 0 Å². The largest absolute Gasteiger partial charge is 0.398 e. The highest BCUT2D eigenvalue weighted by atomic mass is 16.1. The zero-order valence-corrected chi connectivity index (χ0v) is 14.9. The minimum absolute atomic E-state index is 0.169. The van der Waals surface area contributed by atoms with E-state index in [2.05, 4.69) is 10.3 Å². The van der Waals surface area contributed by atoms with E-state index in [0.717, 1.165) is 22.5 Å². The van der Waals surface area contributed by atoms with Gasteiger partial charge in [0.15, 0.2) is 0 Å². The molecule has 0 aliphatic heterocycles. The van der Waals surface area contributed by atoms with E-state index in [1.165, 1.54) is 0 Å². The Morgan fingerprint density at radius 1 is 1.08 bits per heavy atom. The van der Waals surface area contributed by atoms with Gasteiger partial charge in [-0.05, 0) is 53.6 Å². The number of hydrogen-bond donors (Lipinski definition) is 2. The maximum atomic E-state index is 12.9. The first-order valence-electron chi connectivity index (χ1n) is 8.39. The van der Waals surface area contributed by atoms with E-state index in [1.54, 1.807) is 24.5 Å². The van der Waals surface area contributed by atoms with E-state index < -0.39 is 0 Å². The first-order valence-corrected chi connectivity index (χ1v) is 8.39. The second-order valence-corrected chi connectivity index (χ2v) is 6.30. The van der Waals surface area contributed by atoms with Gasteiger partial charge in [-0.2, -0.15) is 0 Å². The molecule has 3 aromatic rings. The minimum atomic E-state index is -0.169. The molecule has 0 saturated carbocycles. The van der Waals surface area contributed by atoms with Crippen molar-refractivity contribution >= 4 is 23.0 Å². The predicted octanol–water partition coefficient (Wildman–Crippen LogP) is 3.57. The van der Waals surface area contributed by atoms with Crippen LogP contribution in [0.2, 0.25) is 0 Å². The molecule has 0 fully saturated rings. The predicted molar refractivity (Wildman–Crippen MR) is 107 cm³/mol. The second-order valence-electron chi connectivity index (χ2n) is 6.30. The zero-order chi connectivity index (χ0) is 18.5. The van der Waals surface area contributed by atoms with E-state index >= 15 is 0 Å². The van der Waals surface area contributed by atoms with E-state index in [0.29, 0.717) is 17.7 Å². The number of anilines is 3. The highest BCUT2D eigenvalue weighted by Gasteiger charge is 2.15. The first-order chi connectivity index (χ1) is 12.5. The number of nitrogen functional groups attached to an aromatic ring is 1. The van der Waals surface area contributed by atoms with Crippen LogP contribution >= 0.6 is 0 Å². The van der Waals surface area contributed by atoms with Crippen molar-refractivity contribution in [3.05, 3.63) is 83.7 Å². The van der Waals surface area contributed by atoms with Crippen molar-refractivity contribution < 1.29 is 4.79 Å². The van der Waals surface area contributed by atoms with Gasteiger partial charge in [-0.3, -0.25) is 9.78 Å². The number of amides is 1.